The van der Waals surface area contributed by atoms with Gasteiger partial charge in [-0.3, -0.25) is 0 Å². The van der Waals surface area contributed by atoms with Gasteiger partial charge < -0.3 is 9.88 Å². The largest absolute Gasteiger partial charge is 0.337 e. The fourth-order valence-electron chi connectivity index (χ4n) is 3.00. The lowest BCUT2D eigenvalue weighted by molar-refractivity contribution is 0.204. The summed E-state index contributed by atoms with van der Waals surface area (Å²) < 4.78 is 2.10. The molecule has 0 radical (unpaired) electrons. The maximum absolute atomic E-state index is 4.16. The summed E-state index contributed by atoms with van der Waals surface area (Å²) in [7, 11) is 2.06. The number of nitrogens with zero attached hydrogens (tertiary/aromatic N) is 2. The van der Waals surface area contributed by atoms with E-state index < -0.39 is 0 Å². The van der Waals surface area contributed by atoms with Crippen LogP contribution in [0.1, 0.15) is 45.2 Å². The number of aromatic nitrogens is 2. The summed E-state index contributed by atoms with van der Waals surface area (Å²) in [6.07, 6.45) is 9.35. The van der Waals surface area contributed by atoms with Gasteiger partial charge in [0.15, 0.2) is 0 Å². The van der Waals surface area contributed by atoms with Crippen LogP contribution < -0.4 is 5.32 Å². The molecule has 0 aromatic carbocycles. The van der Waals surface area contributed by atoms with Crippen molar-refractivity contribution in [1.82, 2.24) is 14.9 Å². The van der Waals surface area contributed by atoms with Crippen LogP contribution in [-0.2, 0) is 13.6 Å². The fraction of sp³-hybridized carbons (Fsp3) is 0.786. The van der Waals surface area contributed by atoms with Gasteiger partial charge in [0, 0.05) is 25.8 Å². The predicted octanol–water partition coefficient (Wildman–Crippen LogP) is 2.72. The van der Waals surface area contributed by atoms with Crippen molar-refractivity contribution >= 4 is 0 Å². The van der Waals surface area contributed by atoms with E-state index in [-0.39, 0.29) is 0 Å². The highest BCUT2D eigenvalue weighted by Gasteiger charge is 2.26. The number of hydrogen-bond acceptors (Lipinski definition) is 2. The average molecular weight is 235 g/mol. The summed E-state index contributed by atoms with van der Waals surface area (Å²) in [5, 5.41) is 3.74. The lowest BCUT2D eigenvalue weighted by atomic mass is 9.78. The molecule has 0 bridgehead atoms. The van der Waals surface area contributed by atoms with Crippen LogP contribution in [0.15, 0.2) is 12.5 Å². The SMILES string of the molecule is CC(C)C1CCCCC1NCc1cncn1C. The maximum Gasteiger partial charge on any atom is 0.0945 e. The number of rotatable bonds is 4. The summed E-state index contributed by atoms with van der Waals surface area (Å²) in [6.45, 7) is 5.66. The van der Waals surface area contributed by atoms with Gasteiger partial charge in [-0.15, -0.1) is 0 Å². The predicted molar refractivity (Wildman–Crippen MR) is 70.6 cm³/mol. The van der Waals surface area contributed by atoms with Crippen LogP contribution >= 0.6 is 0 Å². The van der Waals surface area contributed by atoms with Crippen LogP contribution in [0.25, 0.3) is 0 Å². The first kappa shape index (κ1) is 12.6. The molecule has 1 heterocycles. The van der Waals surface area contributed by atoms with Gasteiger partial charge >= 0.3 is 0 Å². The molecule has 17 heavy (non-hydrogen) atoms. The molecule has 0 aliphatic heterocycles. The molecule has 1 aliphatic carbocycles. The van der Waals surface area contributed by atoms with E-state index in [4.69, 9.17) is 0 Å². The van der Waals surface area contributed by atoms with E-state index >= 15 is 0 Å². The second-order valence-corrected chi connectivity index (χ2v) is 5.68. The Morgan fingerprint density at radius 1 is 1.41 bits per heavy atom. The number of aryl methyl sites for hydroxylation is 1. The Morgan fingerprint density at radius 2 is 2.18 bits per heavy atom. The van der Waals surface area contributed by atoms with E-state index in [1.807, 2.05) is 12.5 Å². The molecule has 1 fully saturated rings. The van der Waals surface area contributed by atoms with Crippen LogP contribution in [0.2, 0.25) is 0 Å². The van der Waals surface area contributed by atoms with E-state index in [1.54, 1.807) is 0 Å². The van der Waals surface area contributed by atoms with Crippen LogP contribution in [0.4, 0.5) is 0 Å². The van der Waals surface area contributed by atoms with Gasteiger partial charge in [0.2, 0.25) is 0 Å². The Morgan fingerprint density at radius 3 is 2.82 bits per heavy atom. The summed E-state index contributed by atoms with van der Waals surface area (Å²) in [6, 6.07) is 0.693. The molecule has 1 saturated carbocycles. The summed E-state index contributed by atoms with van der Waals surface area (Å²) in [5.74, 6) is 1.64. The molecule has 0 saturated heterocycles. The quantitative estimate of drug-likeness (QED) is 0.869. The lowest BCUT2D eigenvalue weighted by Gasteiger charge is -2.35. The highest BCUT2D eigenvalue weighted by molar-refractivity contribution is 4.98. The minimum absolute atomic E-state index is 0.693. The summed E-state index contributed by atoms with van der Waals surface area (Å²) in [4.78, 5) is 4.16. The second-order valence-electron chi connectivity index (χ2n) is 5.68. The maximum atomic E-state index is 4.16. The van der Waals surface area contributed by atoms with E-state index in [2.05, 4.69) is 35.8 Å². The van der Waals surface area contributed by atoms with Crippen LogP contribution in [0.3, 0.4) is 0 Å². The Kier molecular flexibility index (Phi) is 4.21. The molecule has 0 amide bonds. The zero-order chi connectivity index (χ0) is 12.3. The molecule has 2 unspecified atom stereocenters. The first-order valence-electron chi connectivity index (χ1n) is 6.87. The average Bonchev–Trinajstić information content (AvgIpc) is 2.72. The molecule has 1 N–H and O–H groups in total. The lowest BCUT2D eigenvalue weighted by Crippen LogP contribution is -2.40. The molecule has 2 rings (SSSR count). The minimum Gasteiger partial charge on any atom is -0.337 e. The van der Waals surface area contributed by atoms with E-state index in [0.29, 0.717) is 6.04 Å². The van der Waals surface area contributed by atoms with Crippen molar-refractivity contribution in [2.45, 2.75) is 52.1 Å². The van der Waals surface area contributed by atoms with Gasteiger partial charge in [0.05, 0.1) is 12.0 Å². The normalized spacial score (nSPS) is 25.4. The Labute approximate surface area is 105 Å². The van der Waals surface area contributed by atoms with Gasteiger partial charge in [-0.05, 0) is 24.7 Å². The molecular weight excluding hydrogens is 210 g/mol. The van der Waals surface area contributed by atoms with Crippen LogP contribution in [0, 0.1) is 11.8 Å². The Hall–Kier alpha value is -0.830. The van der Waals surface area contributed by atoms with Gasteiger partial charge in [0.1, 0.15) is 0 Å². The molecule has 3 heteroatoms. The van der Waals surface area contributed by atoms with Crippen molar-refractivity contribution in [2.24, 2.45) is 18.9 Å². The second kappa shape index (κ2) is 5.67. The number of imidazole rings is 1. The highest BCUT2D eigenvalue weighted by atomic mass is 15.1. The van der Waals surface area contributed by atoms with Gasteiger partial charge in [-0.1, -0.05) is 26.7 Å². The third-order valence-corrected chi connectivity index (χ3v) is 4.14. The van der Waals surface area contributed by atoms with Crippen LogP contribution in [0.5, 0.6) is 0 Å². The molecule has 0 spiro atoms. The monoisotopic (exact) mass is 235 g/mol. The molecule has 1 aromatic rings. The molecule has 96 valence electrons. The van der Waals surface area contributed by atoms with Gasteiger partial charge in [0.25, 0.3) is 0 Å². The van der Waals surface area contributed by atoms with E-state index in [9.17, 15) is 0 Å². The molecule has 2 atom stereocenters. The number of nitrogens with one attached hydrogen (secondary N) is 1. The molecular formula is C14H25N3. The van der Waals surface area contributed by atoms with Crippen molar-refractivity contribution in [3.05, 3.63) is 18.2 Å². The van der Waals surface area contributed by atoms with Crippen LogP contribution in [-0.4, -0.2) is 15.6 Å². The molecule has 3 nitrogen and oxygen atoms in total. The van der Waals surface area contributed by atoms with Crippen molar-refractivity contribution < 1.29 is 0 Å². The topological polar surface area (TPSA) is 29.9 Å². The minimum atomic E-state index is 0.693. The zero-order valence-electron chi connectivity index (χ0n) is 11.3. The third-order valence-electron chi connectivity index (χ3n) is 4.14. The smallest absolute Gasteiger partial charge is 0.0945 e. The van der Waals surface area contributed by atoms with Crippen molar-refractivity contribution in [2.75, 3.05) is 0 Å². The Balaban J connectivity index is 1.90. The fourth-order valence-corrected chi connectivity index (χ4v) is 3.00. The van der Waals surface area contributed by atoms with Gasteiger partial charge in [-0.25, -0.2) is 4.98 Å². The van der Waals surface area contributed by atoms with Crippen molar-refractivity contribution in [1.29, 1.82) is 0 Å². The molecule has 1 aliphatic rings. The van der Waals surface area contributed by atoms with Gasteiger partial charge in [-0.2, -0.15) is 0 Å². The van der Waals surface area contributed by atoms with E-state index in [1.165, 1.54) is 31.4 Å². The number of hydrogen-bond donors (Lipinski definition) is 1. The standard InChI is InChI=1S/C14H25N3/c1-11(2)13-6-4-5-7-14(13)16-9-12-8-15-10-17(12)3/h8,10-11,13-14,16H,4-7,9H2,1-3H3. The summed E-state index contributed by atoms with van der Waals surface area (Å²) in [5.41, 5.74) is 1.28. The highest BCUT2D eigenvalue weighted by Crippen LogP contribution is 2.30. The zero-order valence-corrected chi connectivity index (χ0v) is 11.3. The Bertz CT molecular complexity index is 343. The first-order valence-corrected chi connectivity index (χ1v) is 6.87. The molecule has 1 aromatic heterocycles. The first-order chi connectivity index (χ1) is 8.18. The third kappa shape index (κ3) is 3.09. The van der Waals surface area contributed by atoms with Crippen molar-refractivity contribution in [3.63, 3.8) is 0 Å². The van der Waals surface area contributed by atoms with E-state index in [0.717, 1.165) is 18.4 Å². The van der Waals surface area contributed by atoms with Crippen molar-refractivity contribution in [3.8, 4) is 0 Å². The summed E-state index contributed by atoms with van der Waals surface area (Å²) >= 11 is 0.